The Kier molecular flexibility index (Phi) is 3.61. The number of likely N-dealkylation sites (tertiary alicyclic amines) is 1. The van der Waals surface area contributed by atoms with Crippen LogP contribution in [-0.4, -0.2) is 28.9 Å². The van der Waals surface area contributed by atoms with Crippen LogP contribution in [0.1, 0.15) is 36.7 Å². The third kappa shape index (κ3) is 2.75. The summed E-state index contributed by atoms with van der Waals surface area (Å²) in [4.78, 5) is 18.1. The van der Waals surface area contributed by atoms with Crippen LogP contribution in [0.15, 0.2) is 18.2 Å². The molecule has 1 saturated heterocycles. The molecule has 0 aromatic carbocycles. The van der Waals surface area contributed by atoms with Crippen molar-refractivity contribution in [2.45, 2.75) is 26.2 Å². The predicted molar refractivity (Wildman–Crippen MR) is 67.6 cm³/mol. The van der Waals surface area contributed by atoms with Crippen LogP contribution in [-0.2, 0) is 0 Å². The Hall–Kier alpha value is -1.58. The fourth-order valence-corrected chi connectivity index (χ4v) is 2.28. The molecule has 0 radical (unpaired) electrons. The van der Waals surface area contributed by atoms with Crippen molar-refractivity contribution < 1.29 is 4.79 Å². The van der Waals surface area contributed by atoms with Crippen LogP contribution in [0.5, 0.6) is 0 Å². The van der Waals surface area contributed by atoms with Gasteiger partial charge in [0.2, 0.25) is 0 Å². The molecule has 17 heavy (non-hydrogen) atoms. The van der Waals surface area contributed by atoms with Gasteiger partial charge in [0.25, 0.3) is 5.91 Å². The van der Waals surface area contributed by atoms with Gasteiger partial charge in [0, 0.05) is 13.1 Å². The Morgan fingerprint density at radius 3 is 2.76 bits per heavy atom. The number of rotatable bonds is 2. The minimum Gasteiger partial charge on any atom is -0.384 e. The first-order chi connectivity index (χ1) is 8.20. The zero-order valence-corrected chi connectivity index (χ0v) is 10.2. The molecule has 1 amide bonds. The van der Waals surface area contributed by atoms with Crippen molar-refractivity contribution in [3.05, 3.63) is 23.9 Å². The van der Waals surface area contributed by atoms with E-state index in [1.165, 1.54) is 6.42 Å². The first kappa shape index (κ1) is 11.9. The van der Waals surface area contributed by atoms with E-state index in [-0.39, 0.29) is 5.91 Å². The fourth-order valence-electron chi connectivity index (χ4n) is 2.28. The highest BCUT2D eigenvalue weighted by molar-refractivity contribution is 5.92. The Balaban J connectivity index is 2.02. The van der Waals surface area contributed by atoms with Gasteiger partial charge in [-0.15, -0.1) is 0 Å². The van der Waals surface area contributed by atoms with Gasteiger partial charge in [0.15, 0.2) is 0 Å². The summed E-state index contributed by atoms with van der Waals surface area (Å²) in [5.41, 5.74) is 6.05. The van der Waals surface area contributed by atoms with E-state index in [1.807, 2.05) is 4.90 Å². The molecule has 2 N–H and O–H groups in total. The Morgan fingerprint density at radius 2 is 2.18 bits per heavy atom. The van der Waals surface area contributed by atoms with Gasteiger partial charge in [-0.1, -0.05) is 19.4 Å². The van der Waals surface area contributed by atoms with Gasteiger partial charge in [0.1, 0.15) is 11.5 Å². The Morgan fingerprint density at radius 1 is 1.47 bits per heavy atom. The molecular weight excluding hydrogens is 214 g/mol. The lowest BCUT2D eigenvalue weighted by Gasteiger charge is -2.31. The summed E-state index contributed by atoms with van der Waals surface area (Å²) < 4.78 is 0. The van der Waals surface area contributed by atoms with Gasteiger partial charge in [-0.25, -0.2) is 4.98 Å². The van der Waals surface area contributed by atoms with Gasteiger partial charge in [-0.2, -0.15) is 0 Å². The third-order valence-electron chi connectivity index (χ3n) is 3.47. The second-order valence-electron chi connectivity index (χ2n) is 4.59. The number of nitrogen functional groups attached to an aromatic ring is 1. The Labute approximate surface area is 102 Å². The van der Waals surface area contributed by atoms with Crippen LogP contribution in [0.4, 0.5) is 5.82 Å². The Bertz CT molecular complexity index is 397. The molecule has 1 aliphatic rings. The highest BCUT2D eigenvalue weighted by Crippen LogP contribution is 2.21. The maximum atomic E-state index is 12.2. The highest BCUT2D eigenvalue weighted by atomic mass is 16.2. The molecule has 0 aliphatic carbocycles. The van der Waals surface area contributed by atoms with Gasteiger partial charge in [-0.3, -0.25) is 4.79 Å². The van der Waals surface area contributed by atoms with Crippen molar-refractivity contribution in [1.82, 2.24) is 9.88 Å². The number of amides is 1. The van der Waals surface area contributed by atoms with Crippen molar-refractivity contribution in [1.29, 1.82) is 0 Å². The molecule has 1 aromatic heterocycles. The van der Waals surface area contributed by atoms with Crippen molar-refractivity contribution in [3.8, 4) is 0 Å². The first-order valence-corrected chi connectivity index (χ1v) is 6.22. The summed E-state index contributed by atoms with van der Waals surface area (Å²) in [5, 5.41) is 0. The van der Waals surface area contributed by atoms with Crippen molar-refractivity contribution in [3.63, 3.8) is 0 Å². The minimum atomic E-state index is 0.00635. The maximum absolute atomic E-state index is 12.2. The fraction of sp³-hybridized carbons (Fsp3) is 0.538. The van der Waals surface area contributed by atoms with Crippen LogP contribution in [0.25, 0.3) is 0 Å². The standard InChI is InChI=1S/C13H19N3O/c1-2-10-6-8-16(9-7-10)13(17)11-4-3-5-12(14)15-11/h3-5,10H,2,6-9H2,1H3,(H2,14,15). The highest BCUT2D eigenvalue weighted by Gasteiger charge is 2.23. The lowest BCUT2D eigenvalue weighted by atomic mass is 9.94. The van der Waals surface area contributed by atoms with E-state index in [4.69, 9.17) is 5.73 Å². The summed E-state index contributed by atoms with van der Waals surface area (Å²) in [7, 11) is 0. The molecule has 1 aliphatic heterocycles. The van der Waals surface area contributed by atoms with Crippen LogP contribution in [0, 0.1) is 5.92 Å². The second kappa shape index (κ2) is 5.17. The van der Waals surface area contributed by atoms with Crippen molar-refractivity contribution in [2.24, 2.45) is 5.92 Å². The summed E-state index contributed by atoms with van der Waals surface area (Å²) in [6.45, 7) is 3.89. The normalized spacial score (nSPS) is 17.1. The van der Waals surface area contributed by atoms with E-state index in [0.717, 1.165) is 31.8 Å². The quantitative estimate of drug-likeness (QED) is 0.849. The van der Waals surface area contributed by atoms with E-state index >= 15 is 0 Å². The van der Waals surface area contributed by atoms with E-state index in [1.54, 1.807) is 18.2 Å². The number of carbonyl (C=O) groups excluding carboxylic acids is 1. The maximum Gasteiger partial charge on any atom is 0.272 e. The third-order valence-corrected chi connectivity index (χ3v) is 3.47. The van der Waals surface area contributed by atoms with E-state index < -0.39 is 0 Å². The monoisotopic (exact) mass is 233 g/mol. The molecule has 1 fully saturated rings. The van der Waals surface area contributed by atoms with Crippen molar-refractivity contribution in [2.75, 3.05) is 18.8 Å². The first-order valence-electron chi connectivity index (χ1n) is 6.22. The zero-order valence-electron chi connectivity index (χ0n) is 10.2. The lowest BCUT2D eigenvalue weighted by molar-refractivity contribution is 0.0683. The molecule has 0 bridgehead atoms. The minimum absolute atomic E-state index is 0.00635. The van der Waals surface area contributed by atoms with Crippen molar-refractivity contribution >= 4 is 11.7 Å². The number of nitrogens with two attached hydrogens (primary N) is 1. The van der Waals surface area contributed by atoms with Gasteiger partial charge in [0.05, 0.1) is 0 Å². The summed E-state index contributed by atoms with van der Waals surface area (Å²) in [6.07, 6.45) is 3.41. The molecule has 4 nitrogen and oxygen atoms in total. The molecule has 4 heteroatoms. The molecule has 0 saturated carbocycles. The second-order valence-corrected chi connectivity index (χ2v) is 4.59. The van der Waals surface area contributed by atoms with E-state index in [2.05, 4.69) is 11.9 Å². The SMILES string of the molecule is CCC1CCN(C(=O)c2cccc(N)n2)CC1. The lowest BCUT2D eigenvalue weighted by Crippen LogP contribution is -2.38. The largest absolute Gasteiger partial charge is 0.384 e. The predicted octanol–water partition coefficient (Wildman–Crippen LogP) is 1.93. The molecule has 2 heterocycles. The number of aromatic nitrogens is 1. The number of hydrogen-bond acceptors (Lipinski definition) is 3. The average molecular weight is 233 g/mol. The molecule has 0 spiro atoms. The molecule has 1 aromatic rings. The van der Waals surface area contributed by atoms with Gasteiger partial charge in [-0.05, 0) is 30.9 Å². The topological polar surface area (TPSA) is 59.2 Å². The summed E-state index contributed by atoms with van der Waals surface area (Å²) in [6, 6.07) is 5.19. The number of pyridine rings is 1. The van der Waals surface area contributed by atoms with Crippen LogP contribution in [0.3, 0.4) is 0 Å². The summed E-state index contributed by atoms with van der Waals surface area (Å²) >= 11 is 0. The van der Waals surface area contributed by atoms with Gasteiger partial charge < -0.3 is 10.6 Å². The average Bonchev–Trinajstić information content (AvgIpc) is 2.38. The number of anilines is 1. The molecular formula is C13H19N3O. The number of carbonyl (C=O) groups is 1. The molecule has 92 valence electrons. The van der Waals surface area contributed by atoms with Gasteiger partial charge >= 0.3 is 0 Å². The van der Waals surface area contributed by atoms with Crippen LogP contribution >= 0.6 is 0 Å². The van der Waals surface area contributed by atoms with Crippen LogP contribution in [0.2, 0.25) is 0 Å². The zero-order chi connectivity index (χ0) is 12.3. The van der Waals surface area contributed by atoms with E-state index in [0.29, 0.717) is 11.5 Å². The molecule has 0 atom stereocenters. The number of piperidine rings is 1. The number of hydrogen-bond donors (Lipinski definition) is 1. The van der Waals surface area contributed by atoms with Crippen LogP contribution < -0.4 is 5.73 Å². The summed E-state index contributed by atoms with van der Waals surface area (Å²) in [5.74, 6) is 1.18. The number of nitrogens with zero attached hydrogens (tertiary/aromatic N) is 2. The molecule has 2 rings (SSSR count). The molecule has 0 unspecified atom stereocenters. The van der Waals surface area contributed by atoms with E-state index in [9.17, 15) is 4.79 Å². The smallest absolute Gasteiger partial charge is 0.272 e.